The van der Waals surface area contributed by atoms with Gasteiger partial charge in [0.15, 0.2) is 5.60 Å². The smallest absolute Gasteiger partial charge is 0.339 e. The maximum atomic E-state index is 13.2. The van der Waals surface area contributed by atoms with E-state index >= 15 is 0 Å². The molecule has 0 aromatic heterocycles. The number of cyclic esters (lactones) is 1. The van der Waals surface area contributed by atoms with Crippen molar-refractivity contribution >= 4 is 17.6 Å². The summed E-state index contributed by atoms with van der Waals surface area (Å²) in [4.78, 5) is 40.0. The van der Waals surface area contributed by atoms with Crippen LogP contribution in [0.15, 0.2) is 48.5 Å². The van der Waals surface area contributed by atoms with Crippen molar-refractivity contribution < 1.29 is 19.2 Å². The van der Waals surface area contributed by atoms with Gasteiger partial charge in [-0.15, -0.1) is 0 Å². The summed E-state index contributed by atoms with van der Waals surface area (Å²) in [6.45, 7) is 4.59. The Morgan fingerprint density at radius 1 is 1.13 bits per heavy atom. The van der Waals surface area contributed by atoms with E-state index in [-0.39, 0.29) is 11.6 Å². The third-order valence-electron chi connectivity index (χ3n) is 5.72. The number of nitrogens with zero attached hydrogens (tertiary/aromatic N) is 3. The van der Waals surface area contributed by atoms with Crippen LogP contribution in [0.1, 0.15) is 28.4 Å². The zero-order valence-corrected chi connectivity index (χ0v) is 16.7. The number of nitro groups is 1. The standard InChI is InChI=1S/C22H23N3O5/c1-22(14-17-6-2-3-8-19(17)20(26)30-22)21(27)24-11-9-23(10-12-24)15-16-5-4-7-18(13-16)25(28)29/h2-8,13H,9-12,14-15H2,1H3. The lowest BCUT2D eigenvalue weighted by Gasteiger charge is -2.40. The normalized spacial score (nSPS) is 21.6. The van der Waals surface area contributed by atoms with E-state index in [1.54, 1.807) is 36.1 Å². The Kier molecular flexibility index (Phi) is 5.26. The zero-order valence-electron chi connectivity index (χ0n) is 16.7. The topological polar surface area (TPSA) is 93.0 Å². The molecular formula is C22H23N3O5. The summed E-state index contributed by atoms with van der Waals surface area (Å²) in [5.74, 6) is -0.641. The highest BCUT2D eigenvalue weighted by atomic mass is 16.6. The first-order chi connectivity index (χ1) is 14.4. The molecule has 0 aliphatic carbocycles. The fourth-order valence-corrected chi connectivity index (χ4v) is 4.12. The summed E-state index contributed by atoms with van der Waals surface area (Å²) >= 11 is 0. The molecule has 2 aromatic carbocycles. The number of amides is 1. The highest BCUT2D eigenvalue weighted by Gasteiger charge is 2.45. The van der Waals surface area contributed by atoms with E-state index in [1.165, 1.54) is 6.07 Å². The van der Waals surface area contributed by atoms with Gasteiger partial charge < -0.3 is 9.64 Å². The van der Waals surface area contributed by atoms with Crippen molar-refractivity contribution in [3.8, 4) is 0 Å². The Hall–Kier alpha value is -3.26. The third-order valence-corrected chi connectivity index (χ3v) is 5.72. The molecule has 2 aliphatic rings. The lowest BCUT2D eigenvalue weighted by atomic mass is 9.88. The molecule has 2 aromatic rings. The number of piperazine rings is 1. The minimum Gasteiger partial charge on any atom is -0.445 e. The molecule has 0 N–H and O–H groups in total. The van der Waals surface area contributed by atoms with E-state index in [0.29, 0.717) is 44.7 Å². The molecule has 2 heterocycles. The van der Waals surface area contributed by atoms with Gasteiger partial charge in [0.2, 0.25) is 0 Å². The number of carbonyl (C=O) groups is 2. The average Bonchev–Trinajstić information content (AvgIpc) is 2.74. The predicted molar refractivity (Wildman–Crippen MR) is 109 cm³/mol. The Morgan fingerprint density at radius 2 is 1.87 bits per heavy atom. The number of fused-ring (bicyclic) bond motifs is 1. The van der Waals surface area contributed by atoms with Crippen LogP contribution < -0.4 is 0 Å². The minimum atomic E-state index is -1.20. The van der Waals surface area contributed by atoms with Gasteiger partial charge in [-0.05, 0) is 24.1 Å². The van der Waals surface area contributed by atoms with Crippen molar-refractivity contribution in [1.82, 2.24) is 9.80 Å². The highest BCUT2D eigenvalue weighted by Crippen LogP contribution is 2.30. The van der Waals surface area contributed by atoms with Crippen LogP contribution >= 0.6 is 0 Å². The quantitative estimate of drug-likeness (QED) is 0.437. The Bertz CT molecular complexity index is 1000. The first-order valence-electron chi connectivity index (χ1n) is 9.92. The molecule has 1 saturated heterocycles. The average molecular weight is 409 g/mol. The largest absolute Gasteiger partial charge is 0.445 e. The summed E-state index contributed by atoms with van der Waals surface area (Å²) in [5.41, 5.74) is 1.09. The highest BCUT2D eigenvalue weighted by molar-refractivity contribution is 5.97. The Labute approximate surface area is 174 Å². The molecule has 8 nitrogen and oxygen atoms in total. The molecule has 1 atom stereocenters. The molecule has 0 radical (unpaired) electrons. The number of hydrogen-bond donors (Lipinski definition) is 0. The molecule has 156 valence electrons. The van der Waals surface area contributed by atoms with E-state index in [0.717, 1.165) is 11.1 Å². The van der Waals surface area contributed by atoms with Crippen molar-refractivity contribution in [3.63, 3.8) is 0 Å². The summed E-state index contributed by atoms with van der Waals surface area (Å²) in [6.07, 6.45) is 0.363. The van der Waals surface area contributed by atoms with Crippen LogP contribution in [0.25, 0.3) is 0 Å². The maximum Gasteiger partial charge on any atom is 0.339 e. The van der Waals surface area contributed by atoms with Crippen molar-refractivity contribution in [2.24, 2.45) is 0 Å². The molecule has 0 saturated carbocycles. The molecule has 1 unspecified atom stereocenters. The predicted octanol–water partition coefficient (Wildman–Crippen LogP) is 2.41. The van der Waals surface area contributed by atoms with Gasteiger partial charge in [-0.3, -0.25) is 19.8 Å². The van der Waals surface area contributed by atoms with Crippen molar-refractivity contribution in [2.75, 3.05) is 26.2 Å². The number of benzene rings is 2. The summed E-state index contributed by atoms with van der Waals surface area (Å²) in [7, 11) is 0. The summed E-state index contributed by atoms with van der Waals surface area (Å²) in [6, 6.07) is 13.8. The Morgan fingerprint density at radius 3 is 2.60 bits per heavy atom. The van der Waals surface area contributed by atoms with E-state index in [9.17, 15) is 19.7 Å². The number of carbonyl (C=O) groups excluding carboxylic acids is 2. The van der Waals surface area contributed by atoms with E-state index in [2.05, 4.69) is 4.90 Å². The lowest BCUT2D eigenvalue weighted by molar-refractivity contribution is -0.384. The van der Waals surface area contributed by atoms with Gasteiger partial charge in [0.1, 0.15) is 0 Å². The zero-order chi connectivity index (χ0) is 21.3. The third kappa shape index (κ3) is 3.91. The number of esters is 1. The van der Waals surface area contributed by atoms with Crippen molar-refractivity contribution in [1.29, 1.82) is 0 Å². The second-order valence-corrected chi connectivity index (χ2v) is 7.95. The number of hydrogen-bond acceptors (Lipinski definition) is 6. The van der Waals surface area contributed by atoms with E-state index in [4.69, 9.17) is 4.74 Å². The summed E-state index contributed by atoms with van der Waals surface area (Å²) in [5, 5.41) is 11.0. The van der Waals surface area contributed by atoms with Crippen LogP contribution in [0.2, 0.25) is 0 Å². The van der Waals surface area contributed by atoms with Gasteiger partial charge in [0.25, 0.3) is 11.6 Å². The summed E-state index contributed by atoms with van der Waals surface area (Å²) < 4.78 is 5.57. The van der Waals surface area contributed by atoms with Crippen LogP contribution in [-0.2, 0) is 22.5 Å². The van der Waals surface area contributed by atoms with Gasteiger partial charge in [-0.25, -0.2) is 4.79 Å². The Balaban J connectivity index is 1.38. The second kappa shape index (κ2) is 7.87. The number of ether oxygens (including phenoxy) is 1. The monoisotopic (exact) mass is 409 g/mol. The van der Waals surface area contributed by atoms with Crippen LogP contribution in [0.4, 0.5) is 5.69 Å². The number of non-ortho nitro benzene ring substituents is 1. The molecule has 0 spiro atoms. The van der Waals surface area contributed by atoms with Gasteiger partial charge >= 0.3 is 5.97 Å². The maximum absolute atomic E-state index is 13.2. The lowest BCUT2D eigenvalue weighted by Crippen LogP contribution is -2.57. The number of rotatable bonds is 4. The molecule has 1 fully saturated rings. The van der Waals surface area contributed by atoms with E-state index < -0.39 is 16.5 Å². The fraction of sp³-hybridized carbons (Fsp3) is 0.364. The van der Waals surface area contributed by atoms with Crippen molar-refractivity contribution in [3.05, 3.63) is 75.3 Å². The molecule has 4 rings (SSSR count). The molecule has 8 heteroatoms. The second-order valence-electron chi connectivity index (χ2n) is 7.95. The van der Waals surface area contributed by atoms with Gasteiger partial charge in [0.05, 0.1) is 10.5 Å². The SMILES string of the molecule is CC1(C(=O)N2CCN(Cc3cccc([N+](=O)[O-])c3)CC2)Cc2ccccc2C(=O)O1. The fourth-order valence-electron chi connectivity index (χ4n) is 4.12. The van der Waals surface area contributed by atoms with Gasteiger partial charge in [-0.1, -0.05) is 30.3 Å². The first kappa shape index (κ1) is 20.0. The minimum absolute atomic E-state index is 0.0774. The molecule has 30 heavy (non-hydrogen) atoms. The van der Waals surface area contributed by atoms with Gasteiger partial charge in [0, 0.05) is 51.3 Å². The van der Waals surface area contributed by atoms with Crippen LogP contribution in [-0.4, -0.2) is 58.4 Å². The van der Waals surface area contributed by atoms with Crippen molar-refractivity contribution in [2.45, 2.75) is 25.5 Å². The van der Waals surface area contributed by atoms with E-state index in [1.807, 2.05) is 18.2 Å². The number of nitro benzene ring substituents is 1. The van der Waals surface area contributed by atoms with Crippen LogP contribution in [0, 0.1) is 10.1 Å². The molecular weight excluding hydrogens is 386 g/mol. The molecule has 1 amide bonds. The van der Waals surface area contributed by atoms with Crippen LogP contribution in [0.3, 0.4) is 0 Å². The van der Waals surface area contributed by atoms with Gasteiger partial charge in [-0.2, -0.15) is 0 Å². The van der Waals surface area contributed by atoms with Crippen LogP contribution in [0.5, 0.6) is 0 Å². The first-order valence-corrected chi connectivity index (χ1v) is 9.92. The molecule has 0 bridgehead atoms. The molecule has 2 aliphatic heterocycles.